The Balaban J connectivity index is 1.93. The minimum absolute atomic E-state index is 0.0596. The topological polar surface area (TPSA) is 64.6 Å². The quantitative estimate of drug-likeness (QED) is 0.762. The van der Waals surface area contributed by atoms with Crippen molar-refractivity contribution in [1.29, 1.82) is 0 Å². The summed E-state index contributed by atoms with van der Waals surface area (Å²) in [7, 11) is 0. The van der Waals surface area contributed by atoms with Crippen LogP contribution >= 0.6 is 0 Å². The summed E-state index contributed by atoms with van der Waals surface area (Å²) in [6, 6.07) is 11.7. The highest BCUT2D eigenvalue weighted by Crippen LogP contribution is 2.16. The van der Waals surface area contributed by atoms with E-state index in [1.54, 1.807) is 31.2 Å². The Bertz CT molecular complexity index is 767. The van der Waals surface area contributed by atoms with Crippen LogP contribution in [-0.2, 0) is 14.3 Å². The van der Waals surface area contributed by atoms with Crippen molar-refractivity contribution in [3.63, 3.8) is 0 Å². The van der Waals surface area contributed by atoms with Gasteiger partial charge < -0.3 is 14.8 Å². The van der Waals surface area contributed by atoms with Crippen molar-refractivity contribution in [2.75, 3.05) is 5.32 Å². The predicted molar refractivity (Wildman–Crippen MR) is 91.7 cm³/mol. The van der Waals surface area contributed by atoms with Gasteiger partial charge in [0.15, 0.2) is 23.8 Å². The van der Waals surface area contributed by atoms with E-state index in [2.05, 4.69) is 5.32 Å². The molecule has 0 aliphatic carbocycles. The fourth-order valence-corrected chi connectivity index (χ4v) is 2.08. The average molecular weight is 363 g/mol. The van der Waals surface area contributed by atoms with Crippen LogP contribution in [0.5, 0.6) is 5.75 Å². The second-order valence-corrected chi connectivity index (χ2v) is 5.53. The maximum absolute atomic E-state index is 13.2. The minimum Gasteiger partial charge on any atom is -0.479 e. The SMILES string of the molecule is CC[C@H](Oc1ccccc1)C(=O)O[C@@H](C)C(=O)Nc1ccc(F)c(F)c1. The number of benzene rings is 2. The lowest BCUT2D eigenvalue weighted by molar-refractivity contribution is -0.160. The van der Waals surface area contributed by atoms with E-state index in [0.717, 1.165) is 12.1 Å². The number of amides is 1. The van der Waals surface area contributed by atoms with Crippen LogP contribution in [0.3, 0.4) is 0 Å². The molecule has 2 atom stereocenters. The van der Waals surface area contributed by atoms with Gasteiger partial charge in [0.25, 0.3) is 5.91 Å². The molecule has 0 saturated heterocycles. The Hall–Kier alpha value is -2.96. The summed E-state index contributed by atoms with van der Waals surface area (Å²) in [6.07, 6.45) is -1.65. The molecule has 2 aromatic rings. The Morgan fingerprint density at radius 1 is 1.08 bits per heavy atom. The molecule has 7 heteroatoms. The Kier molecular flexibility index (Phi) is 6.66. The van der Waals surface area contributed by atoms with E-state index in [9.17, 15) is 18.4 Å². The molecule has 138 valence electrons. The van der Waals surface area contributed by atoms with E-state index < -0.39 is 35.7 Å². The fraction of sp³-hybridized carbons (Fsp3) is 0.263. The lowest BCUT2D eigenvalue weighted by atomic mass is 10.2. The molecule has 2 rings (SSSR count). The van der Waals surface area contributed by atoms with Crippen molar-refractivity contribution in [3.8, 4) is 5.75 Å². The van der Waals surface area contributed by atoms with Crippen molar-refractivity contribution in [3.05, 3.63) is 60.2 Å². The zero-order valence-electron chi connectivity index (χ0n) is 14.4. The van der Waals surface area contributed by atoms with Gasteiger partial charge in [0, 0.05) is 11.8 Å². The molecule has 1 N–H and O–H groups in total. The highest BCUT2D eigenvalue weighted by atomic mass is 19.2. The average Bonchev–Trinajstić information content (AvgIpc) is 2.63. The van der Waals surface area contributed by atoms with Gasteiger partial charge in [-0.25, -0.2) is 13.6 Å². The number of carbonyl (C=O) groups excluding carboxylic acids is 2. The first-order valence-electron chi connectivity index (χ1n) is 8.08. The third-order valence-electron chi connectivity index (χ3n) is 3.50. The largest absolute Gasteiger partial charge is 0.479 e. The molecule has 0 spiro atoms. The minimum atomic E-state index is -1.14. The molecule has 5 nitrogen and oxygen atoms in total. The van der Waals surface area contributed by atoms with Crippen molar-refractivity contribution >= 4 is 17.6 Å². The van der Waals surface area contributed by atoms with Gasteiger partial charge in [0.1, 0.15) is 5.75 Å². The van der Waals surface area contributed by atoms with E-state index in [1.807, 2.05) is 6.07 Å². The monoisotopic (exact) mass is 363 g/mol. The Morgan fingerprint density at radius 2 is 1.77 bits per heavy atom. The molecule has 0 aliphatic heterocycles. The second-order valence-electron chi connectivity index (χ2n) is 5.53. The van der Waals surface area contributed by atoms with Crippen LogP contribution in [0, 0.1) is 11.6 Å². The number of halogens is 2. The van der Waals surface area contributed by atoms with E-state index in [0.29, 0.717) is 12.2 Å². The Morgan fingerprint density at radius 3 is 2.38 bits per heavy atom. The van der Waals surface area contributed by atoms with Crippen molar-refractivity contribution in [2.24, 2.45) is 0 Å². The third kappa shape index (κ3) is 5.27. The summed E-state index contributed by atoms with van der Waals surface area (Å²) in [6.45, 7) is 3.13. The maximum Gasteiger partial charge on any atom is 0.348 e. The molecule has 2 aromatic carbocycles. The molecule has 0 saturated carbocycles. The van der Waals surface area contributed by atoms with Crippen molar-refractivity contribution in [2.45, 2.75) is 32.5 Å². The van der Waals surface area contributed by atoms with Gasteiger partial charge in [-0.2, -0.15) is 0 Å². The maximum atomic E-state index is 13.2. The summed E-state index contributed by atoms with van der Waals surface area (Å²) in [5, 5.41) is 2.36. The van der Waals surface area contributed by atoms with Crippen LogP contribution in [0.2, 0.25) is 0 Å². The summed E-state index contributed by atoms with van der Waals surface area (Å²) in [5.41, 5.74) is 0.0596. The number of hydrogen-bond acceptors (Lipinski definition) is 4. The van der Waals surface area contributed by atoms with Gasteiger partial charge in [0.05, 0.1) is 0 Å². The molecule has 0 fully saturated rings. The summed E-state index contributed by atoms with van der Waals surface area (Å²) in [5.74, 6) is -2.96. The number of nitrogens with one attached hydrogen (secondary N) is 1. The van der Waals surface area contributed by atoms with Crippen LogP contribution in [0.15, 0.2) is 48.5 Å². The first kappa shape index (κ1) is 19.4. The third-order valence-corrected chi connectivity index (χ3v) is 3.50. The van der Waals surface area contributed by atoms with Gasteiger partial charge in [-0.3, -0.25) is 4.79 Å². The number of rotatable bonds is 7. The smallest absolute Gasteiger partial charge is 0.348 e. The number of ether oxygens (including phenoxy) is 2. The lowest BCUT2D eigenvalue weighted by Crippen LogP contribution is -2.36. The first-order valence-corrected chi connectivity index (χ1v) is 8.08. The van der Waals surface area contributed by atoms with Crippen LogP contribution in [-0.4, -0.2) is 24.1 Å². The molecule has 0 radical (unpaired) electrons. The number of anilines is 1. The normalized spacial score (nSPS) is 12.8. The number of carbonyl (C=O) groups is 2. The summed E-state index contributed by atoms with van der Waals surface area (Å²) >= 11 is 0. The van der Waals surface area contributed by atoms with Gasteiger partial charge in [-0.05, 0) is 37.6 Å². The van der Waals surface area contributed by atoms with E-state index in [-0.39, 0.29) is 5.69 Å². The van der Waals surface area contributed by atoms with E-state index >= 15 is 0 Å². The number of esters is 1. The van der Waals surface area contributed by atoms with E-state index in [4.69, 9.17) is 9.47 Å². The Labute approximate surface area is 149 Å². The molecule has 0 bridgehead atoms. The molecule has 0 aromatic heterocycles. The predicted octanol–water partition coefficient (Wildman–Crippen LogP) is 3.69. The zero-order valence-corrected chi connectivity index (χ0v) is 14.4. The molecule has 26 heavy (non-hydrogen) atoms. The van der Waals surface area contributed by atoms with Crippen LogP contribution < -0.4 is 10.1 Å². The van der Waals surface area contributed by atoms with Gasteiger partial charge in [0.2, 0.25) is 0 Å². The summed E-state index contributed by atoms with van der Waals surface area (Å²) < 4.78 is 36.7. The standard InChI is InChI=1S/C19H19F2NO4/c1-3-17(26-14-7-5-4-6-8-14)19(24)25-12(2)18(23)22-13-9-10-15(20)16(21)11-13/h4-12,17H,3H2,1-2H3,(H,22,23)/t12-,17-/m0/s1. The van der Waals surface area contributed by atoms with Crippen LogP contribution in [0.25, 0.3) is 0 Å². The highest BCUT2D eigenvalue weighted by molar-refractivity contribution is 5.95. The van der Waals surface area contributed by atoms with Gasteiger partial charge >= 0.3 is 5.97 Å². The molecule has 0 unspecified atom stereocenters. The van der Waals surface area contributed by atoms with Gasteiger partial charge in [-0.15, -0.1) is 0 Å². The summed E-state index contributed by atoms with van der Waals surface area (Å²) in [4.78, 5) is 24.3. The molecule has 0 heterocycles. The van der Waals surface area contributed by atoms with E-state index in [1.165, 1.54) is 13.0 Å². The fourth-order valence-electron chi connectivity index (χ4n) is 2.08. The van der Waals surface area contributed by atoms with Crippen molar-refractivity contribution in [1.82, 2.24) is 0 Å². The molecular formula is C19H19F2NO4. The second kappa shape index (κ2) is 8.94. The molecule has 0 aliphatic rings. The van der Waals surface area contributed by atoms with Gasteiger partial charge in [-0.1, -0.05) is 25.1 Å². The molecular weight excluding hydrogens is 344 g/mol. The van der Waals surface area contributed by atoms with Crippen LogP contribution in [0.4, 0.5) is 14.5 Å². The lowest BCUT2D eigenvalue weighted by Gasteiger charge is -2.19. The van der Waals surface area contributed by atoms with Crippen LogP contribution in [0.1, 0.15) is 20.3 Å². The molecule has 1 amide bonds. The first-order chi connectivity index (χ1) is 12.4. The number of para-hydroxylation sites is 1. The highest BCUT2D eigenvalue weighted by Gasteiger charge is 2.25. The zero-order chi connectivity index (χ0) is 19.1. The number of hydrogen-bond donors (Lipinski definition) is 1. The van der Waals surface area contributed by atoms with Crippen molar-refractivity contribution < 1.29 is 27.8 Å².